The maximum atomic E-state index is 12.3. The maximum Gasteiger partial charge on any atom is 0.255 e. The molecule has 0 radical (unpaired) electrons. The van der Waals surface area contributed by atoms with Crippen molar-refractivity contribution in [3.05, 3.63) is 48.5 Å². The third kappa shape index (κ3) is 5.72. The SMILES string of the molecule is COc1cccc(NC(=O)[C@H](C)Nc2cccc(OCC(N)=O)c2)c1. The van der Waals surface area contributed by atoms with Gasteiger partial charge in [-0.05, 0) is 31.2 Å². The minimum Gasteiger partial charge on any atom is -0.497 e. The highest BCUT2D eigenvalue weighted by atomic mass is 16.5. The van der Waals surface area contributed by atoms with Gasteiger partial charge in [-0.3, -0.25) is 9.59 Å². The van der Waals surface area contributed by atoms with Gasteiger partial charge in [0.05, 0.1) is 7.11 Å². The summed E-state index contributed by atoms with van der Waals surface area (Å²) in [4.78, 5) is 23.1. The molecule has 0 aliphatic carbocycles. The minimum atomic E-state index is -0.551. The summed E-state index contributed by atoms with van der Waals surface area (Å²) in [5.41, 5.74) is 6.39. The quantitative estimate of drug-likeness (QED) is 0.680. The number of nitrogens with one attached hydrogen (secondary N) is 2. The molecule has 4 N–H and O–H groups in total. The number of anilines is 2. The standard InChI is InChI=1S/C18H21N3O4/c1-12(18(23)21-14-6-3-7-15(9-14)24-2)20-13-5-4-8-16(10-13)25-11-17(19)22/h3-10,12,20H,11H2,1-2H3,(H2,19,22)(H,21,23)/t12-/m0/s1. The van der Waals surface area contributed by atoms with Crippen LogP contribution in [0.2, 0.25) is 0 Å². The second-order valence-corrected chi connectivity index (χ2v) is 5.37. The van der Waals surface area contributed by atoms with Gasteiger partial charge in [-0.1, -0.05) is 12.1 Å². The molecule has 0 aliphatic heterocycles. The molecule has 0 aromatic heterocycles. The Balaban J connectivity index is 1.96. The molecule has 0 saturated heterocycles. The second kappa shape index (κ2) is 8.58. The van der Waals surface area contributed by atoms with E-state index in [4.69, 9.17) is 15.2 Å². The number of hydrogen-bond donors (Lipinski definition) is 3. The van der Waals surface area contributed by atoms with Crippen LogP contribution in [0.1, 0.15) is 6.92 Å². The minimum absolute atomic E-state index is 0.197. The Labute approximate surface area is 146 Å². The molecular formula is C18H21N3O4. The van der Waals surface area contributed by atoms with E-state index in [0.717, 1.165) is 0 Å². The van der Waals surface area contributed by atoms with E-state index < -0.39 is 11.9 Å². The smallest absolute Gasteiger partial charge is 0.255 e. The average molecular weight is 343 g/mol. The summed E-state index contributed by atoms with van der Waals surface area (Å²) in [6.07, 6.45) is 0. The number of hydrogen-bond acceptors (Lipinski definition) is 5. The fourth-order valence-corrected chi connectivity index (χ4v) is 2.10. The zero-order valence-corrected chi connectivity index (χ0v) is 14.1. The van der Waals surface area contributed by atoms with Crippen molar-refractivity contribution >= 4 is 23.2 Å². The highest BCUT2D eigenvalue weighted by Gasteiger charge is 2.13. The van der Waals surface area contributed by atoms with E-state index >= 15 is 0 Å². The topological polar surface area (TPSA) is 103 Å². The van der Waals surface area contributed by atoms with Crippen LogP contribution in [0.4, 0.5) is 11.4 Å². The van der Waals surface area contributed by atoms with E-state index in [1.807, 2.05) is 0 Å². The van der Waals surface area contributed by atoms with Gasteiger partial charge in [-0.25, -0.2) is 0 Å². The fraction of sp³-hybridized carbons (Fsp3) is 0.222. The van der Waals surface area contributed by atoms with Gasteiger partial charge in [0.25, 0.3) is 5.91 Å². The highest BCUT2D eigenvalue weighted by Crippen LogP contribution is 2.19. The predicted molar refractivity (Wildman–Crippen MR) is 95.8 cm³/mol. The third-order valence-electron chi connectivity index (χ3n) is 3.33. The van der Waals surface area contributed by atoms with Crippen LogP contribution in [-0.2, 0) is 9.59 Å². The molecule has 0 spiro atoms. The average Bonchev–Trinajstić information content (AvgIpc) is 2.60. The van der Waals surface area contributed by atoms with Crippen LogP contribution in [0.15, 0.2) is 48.5 Å². The molecule has 0 unspecified atom stereocenters. The lowest BCUT2D eigenvalue weighted by atomic mass is 10.2. The van der Waals surface area contributed by atoms with Crippen molar-refractivity contribution in [3.8, 4) is 11.5 Å². The van der Waals surface area contributed by atoms with E-state index in [0.29, 0.717) is 22.9 Å². The summed E-state index contributed by atoms with van der Waals surface area (Å²) in [5.74, 6) is 0.406. The Morgan fingerprint density at radius 3 is 2.40 bits per heavy atom. The molecule has 2 aromatic rings. The molecule has 0 heterocycles. The van der Waals surface area contributed by atoms with Gasteiger partial charge < -0.3 is 25.8 Å². The first-order valence-corrected chi connectivity index (χ1v) is 7.70. The third-order valence-corrected chi connectivity index (χ3v) is 3.33. The molecule has 2 rings (SSSR count). The molecular weight excluding hydrogens is 322 g/mol. The molecule has 2 aromatic carbocycles. The van der Waals surface area contributed by atoms with Gasteiger partial charge >= 0.3 is 0 Å². The molecule has 7 nitrogen and oxygen atoms in total. The number of primary amides is 1. The van der Waals surface area contributed by atoms with Gasteiger partial charge in [-0.15, -0.1) is 0 Å². The van der Waals surface area contributed by atoms with Crippen LogP contribution in [0.3, 0.4) is 0 Å². The number of carbonyl (C=O) groups excluding carboxylic acids is 2. The lowest BCUT2D eigenvalue weighted by Gasteiger charge is -2.16. The van der Waals surface area contributed by atoms with E-state index in [9.17, 15) is 9.59 Å². The van der Waals surface area contributed by atoms with Crippen LogP contribution in [0.25, 0.3) is 0 Å². The summed E-state index contributed by atoms with van der Waals surface area (Å²) in [5, 5.41) is 5.90. The number of benzene rings is 2. The zero-order valence-electron chi connectivity index (χ0n) is 14.1. The van der Waals surface area contributed by atoms with E-state index in [-0.39, 0.29) is 12.5 Å². The Hall–Kier alpha value is -3.22. The Morgan fingerprint density at radius 2 is 1.72 bits per heavy atom. The second-order valence-electron chi connectivity index (χ2n) is 5.37. The summed E-state index contributed by atoms with van der Waals surface area (Å²) in [7, 11) is 1.57. The van der Waals surface area contributed by atoms with Crippen molar-refractivity contribution in [1.82, 2.24) is 0 Å². The van der Waals surface area contributed by atoms with E-state index in [2.05, 4.69) is 10.6 Å². The molecule has 2 amide bonds. The van der Waals surface area contributed by atoms with Crippen molar-refractivity contribution in [2.24, 2.45) is 5.73 Å². The lowest BCUT2D eigenvalue weighted by molar-refractivity contribution is -0.120. The summed E-state index contributed by atoms with van der Waals surface area (Å²) in [6.45, 7) is 1.54. The summed E-state index contributed by atoms with van der Waals surface area (Å²) < 4.78 is 10.4. The Bertz CT molecular complexity index is 749. The maximum absolute atomic E-state index is 12.3. The lowest BCUT2D eigenvalue weighted by Crippen LogP contribution is -2.31. The molecule has 1 atom stereocenters. The molecule has 25 heavy (non-hydrogen) atoms. The normalized spacial score (nSPS) is 11.3. The van der Waals surface area contributed by atoms with Crippen LogP contribution >= 0.6 is 0 Å². The monoisotopic (exact) mass is 343 g/mol. The van der Waals surface area contributed by atoms with Gasteiger partial charge in [0, 0.05) is 23.5 Å². The first-order chi connectivity index (χ1) is 12.0. The Kier molecular flexibility index (Phi) is 6.22. The molecule has 0 aliphatic rings. The van der Waals surface area contributed by atoms with Crippen molar-refractivity contribution in [2.45, 2.75) is 13.0 Å². The summed E-state index contributed by atoms with van der Waals surface area (Å²) >= 11 is 0. The van der Waals surface area contributed by atoms with E-state index in [1.165, 1.54) is 0 Å². The molecule has 132 valence electrons. The largest absolute Gasteiger partial charge is 0.497 e. The van der Waals surface area contributed by atoms with Crippen molar-refractivity contribution in [3.63, 3.8) is 0 Å². The van der Waals surface area contributed by atoms with Crippen LogP contribution in [0, 0.1) is 0 Å². The van der Waals surface area contributed by atoms with E-state index in [1.54, 1.807) is 62.6 Å². The van der Waals surface area contributed by atoms with Crippen LogP contribution in [-0.4, -0.2) is 31.6 Å². The first-order valence-electron chi connectivity index (χ1n) is 7.70. The van der Waals surface area contributed by atoms with Gasteiger partial charge in [0.1, 0.15) is 17.5 Å². The number of nitrogens with two attached hydrogens (primary N) is 1. The van der Waals surface area contributed by atoms with Gasteiger partial charge in [-0.2, -0.15) is 0 Å². The Morgan fingerprint density at radius 1 is 1.08 bits per heavy atom. The zero-order chi connectivity index (χ0) is 18.2. The van der Waals surface area contributed by atoms with Crippen molar-refractivity contribution in [1.29, 1.82) is 0 Å². The predicted octanol–water partition coefficient (Wildman–Crippen LogP) is 2.00. The molecule has 0 saturated carbocycles. The fourth-order valence-electron chi connectivity index (χ4n) is 2.10. The van der Waals surface area contributed by atoms with Crippen molar-refractivity contribution in [2.75, 3.05) is 24.4 Å². The molecule has 0 bridgehead atoms. The number of carbonyl (C=O) groups is 2. The summed E-state index contributed by atoms with van der Waals surface area (Å²) in [6, 6.07) is 13.6. The molecule has 7 heteroatoms. The highest BCUT2D eigenvalue weighted by molar-refractivity contribution is 5.96. The number of rotatable bonds is 8. The van der Waals surface area contributed by atoms with Gasteiger partial charge in [0.2, 0.25) is 5.91 Å². The first kappa shape index (κ1) is 18.1. The van der Waals surface area contributed by atoms with Crippen molar-refractivity contribution < 1.29 is 19.1 Å². The van der Waals surface area contributed by atoms with Gasteiger partial charge in [0.15, 0.2) is 6.61 Å². The number of ether oxygens (including phenoxy) is 2. The molecule has 0 fully saturated rings. The van der Waals surface area contributed by atoms with Crippen LogP contribution < -0.4 is 25.8 Å². The van der Waals surface area contributed by atoms with Crippen LogP contribution in [0.5, 0.6) is 11.5 Å². The number of amides is 2. The number of methoxy groups -OCH3 is 1.